The van der Waals surface area contributed by atoms with Crippen molar-refractivity contribution in [1.29, 1.82) is 0 Å². The first kappa shape index (κ1) is 15.4. The van der Waals surface area contributed by atoms with Gasteiger partial charge in [-0.25, -0.2) is 0 Å². The van der Waals surface area contributed by atoms with Crippen LogP contribution in [0.3, 0.4) is 0 Å². The number of aromatic nitrogens is 1. The summed E-state index contributed by atoms with van der Waals surface area (Å²) in [5.74, 6) is 0. The van der Waals surface area contributed by atoms with Gasteiger partial charge in [-0.3, -0.25) is 0 Å². The van der Waals surface area contributed by atoms with Crippen molar-refractivity contribution < 1.29 is 26.8 Å². The van der Waals surface area contributed by atoms with Crippen LogP contribution in [0.5, 0.6) is 0 Å². The number of oxime groups is 1. The molecule has 0 fully saturated rings. The molecule has 2 rings (SSSR count). The summed E-state index contributed by atoms with van der Waals surface area (Å²) >= 11 is 0. The summed E-state index contributed by atoms with van der Waals surface area (Å²) in [6.45, 7) is 0.914. The van der Waals surface area contributed by atoms with Gasteiger partial charge in [-0.2, -0.15) is 4.57 Å². The first-order valence-electron chi connectivity index (χ1n) is 6.10. The Labute approximate surface area is 124 Å². The molecule has 0 aliphatic carbocycles. The van der Waals surface area contributed by atoms with Gasteiger partial charge in [0.05, 0.1) is 0 Å². The fraction of sp³-hybridized carbons (Fsp3) is 0.200. The van der Waals surface area contributed by atoms with Crippen molar-refractivity contribution in [3.05, 3.63) is 66.0 Å². The quantitative estimate of drug-likeness (QED) is 0.340. The highest BCUT2D eigenvalue weighted by atomic mass is 79.9. The van der Waals surface area contributed by atoms with Crippen LogP contribution in [-0.4, -0.2) is 11.4 Å². The first-order chi connectivity index (χ1) is 8.90. The summed E-state index contributed by atoms with van der Waals surface area (Å²) in [5.41, 5.74) is 2.26. The SMILES string of the molecule is O/N=C/c1cccc[n+]1CCCc1ccccc1.[Br-]. The first-order valence-corrected chi connectivity index (χ1v) is 6.10. The molecule has 0 spiro atoms. The third-order valence-electron chi connectivity index (χ3n) is 2.87. The molecule has 100 valence electrons. The van der Waals surface area contributed by atoms with Gasteiger partial charge in [0.25, 0.3) is 0 Å². The van der Waals surface area contributed by atoms with Crippen molar-refractivity contribution in [2.45, 2.75) is 19.4 Å². The summed E-state index contributed by atoms with van der Waals surface area (Å²) < 4.78 is 2.09. The lowest BCUT2D eigenvalue weighted by molar-refractivity contribution is -0.698. The van der Waals surface area contributed by atoms with Crippen LogP contribution in [-0.2, 0) is 13.0 Å². The van der Waals surface area contributed by atoms with Crippen molar-refractivity contribution in [3.63, 3.8) is 0 Å². The Morgan fingerprint density at radius 1 is 1.05 bits per heavy atom. The summed E-state index contributed by atoms with van der Waals surface area (Å²) in [6.07, 6.45) is 5.58. The number of aryl methyl sites for hydroxylation is 2. The molecule has 0 amide bonds. The number of rotatable bonds is 5. The van der Waals surface area contributed by atoms with E-state index in [9.17, 15) is 0 Å². The fourth-order valence-electron chi connectivity index (χ4n) is 1.97. The van der Waals surface area contributed by atoms with Crippen molar-refractivity contribution in [1.82, 2.24) is 0 Å². The normalized spacial score (nSPS) is 10.3. The Morgan fingerprint density at radius 3 is 2.53 bits per heavy atom. The molecular formula is C15H17BrN2O. The Kier molecular flexibility index (Phi) is 6.82. The average molecular weight is 321 g/mol. The number of nitrogens with zero attached hydrogens (tertiary/aromatic N) is 2. The van der Waals surface area contributed by atoms with Gasteiger partial charge >= 0.3 is 0 Å². The summed E-state index contributed by atoms with van der Waals surface area (Å²) in [4.78, 5) is 0. The molecule has 0 saturated carbocycles. The second-order valence-corrected chi connectivity index (χ2v) is 4.15. The van der Waals surface area contributed by atoms with Gasteiger partial charge in [-0.1, -0.05) is 35.5 Å². The Morgan fingerprint density at radius 2 is 1.79 bits per heavy atom. The lowest BCUT2D eigenvalue weighted by atomic mass is 10.1. The molecule has 0 radical (unpaired) electrons. The van der Waals surface area contributed by atoms with E-state index in [-0.39, 0.29) is 17.0 Å². The van der Waals surface area contributed by atoms with Gasteiger partial charge < -0.3 is 22.2 Å². The number of hydrogen-bond donors (Lipinski definition) is 1. The Bertz CT molecular complexity index is 515. The average Bonchev–Trinajstić information content (AvgIpc) is 2.42. The van der Waals surface area contributed by atoms with Crippen LogP contribution in [0.25, 0.3) is 0 Å². The summed E-state index contributed by atoms with van der Waals surface area (Å²) in [5, 5.41) is 11.7. The molecule has 1 N–H and O–H groups in total. The minimum atomic E-state index is 0. The van der Waals surface area contributed by atoms with Crippen LogP contribution in [0, 0.1) is 0 Å². The van der Waals surface area contributed by atoms with E-state index in [0.717, 1.165) is 25.1 Å². The number of halogens is 1. The van der Waals surface area contributed by atoms with Crippen molar-refractivity contribution in [3.8, 4) is 0 Å². The van der Waals surface area contributed by atoms with Crippen molar-refractivity contribution in [2.24, 2.45) is 5.16 Å². The van der Waals surface area contributed by atoms with Crippen LogP contribution >= 0.6 is 0 Å². The second-order valence-electron chi connectivity index (χ2n) is 4.15. The maximum atomic E-state index is 8.60. The molecule has 19 heavy (non-hydrogen) atoms. The standard InChI is InChI=1S/C15H16N2O.BrH/c18-16-13-15-10-4-5-11-17(15)12-6-9-14-7-2-1-3-8-14;/h1-5,7-8,10-11,13H,6,9,12H2;1H. The van der Waals surface area contributed by atoms with Crippen LogP contribution in [0.15, 0.2) is 59.9 Å². The molecule has 3 nitrogen and oxygen atoms in total. The molecule has 0 saturated heterocycles. The zero-order valence-electron chi connectivity index (χ0n) is 10.6. The molecule has 0 unspecified atom stereocenters. The molecule has 0 aliphatic heterocycles. The largest absolute Gasteiger partial charge is 1.00 e. The molecule has 2 aromatic rings. The summed E-state index contributed by atoms with van der Waals surface area (Å²) in [6, 6.07) is 16.3. The molecule has 0 aliphatic rings. The Balaban J connectivity index is 0.00000180. The van der Waals surface area contributed by atoms with E-state index in [1.807, 2.05) is 30.5 Å². The van der Waals surface area contributed by atoms with E-state index in [2.05, 4.69) is 34.0 Å². The molecule has 1 aromatic carbocycles. The fourth-order valence-corrected chi connectivity index (χ4v) is 1.97. The van der Waals surface area contributed by atoms with E-state index in [0.29, 0.717) is 0 Å². The van der Waals surface area contributed by atoms with Gasteiger partial charge in [-0.05, 0) is 18.1 Å². The van der Waals surface area contributed by atoms with E-state index in [1.54, 1.807) is 0 Å². The number of hydrogen-bond acceptors (Lipinski definition) is 2. The van der Waals surface area contributed by atoms with Crippen molar-refractivity contribution in [2.75, 3.05) is 0 Å². The van der Waals surface area contributed by atoms with Crippen LogP contribution in [0.2, 0.25) is 0 Å². The lowest BCUT2D eigenvalue weighted by Crippen LogP contribution is -3.00. The zero-order chi connectivity index (χ0) is 12.6. The minimum Gasteiger partial charge on any atom is -1.00 e. The van der Waals surface area contributed by atoms with E-state index >= 15 is 0 Å². The highest BCUT2D eigenvalue weighted by molar-refractivity contribution is 5.74. The van der Waals surface area contributed by atoms with Crippen LogP contribution in [0.1, 0.15) is 17.7 Å². The van der Waals surface area contributed by atoms with E-state index in [4.69, 9.17) is 5.21 Å². The molecule has 4 heteroatoms. The van der Waals surface area contributed by atoms with Crippen molar-refractivity contribution >= 4 is 6.21 Å². The second kappa shape index (κ2) is 8.43. The van der Waals surface area contributed by atoms with E-state index in [1.165, 1.54) is 11.8 Å². The van der Waals surface area contributed by atoms with Crippen LogP contribution in [0.4, 0.5) is 0 Å². The van der Waals surface area contributed by atoms with Crippen LogP contribution < -0.4 is 21.5 Å². The predicted molar refractivity (Wildman–Crippen MR) is 70.8 cm³/mol. The van der Waals surface area contributed by atoms with Gasteiger partial charge in [0.15, 0.2) is 6.20 Å². The predicted octanol–water partition coefficient (Wildman–Crippen LogP) is -0.581. The molecule has 1 heterocycles. The number of pyridine rings is 1. The minimum absolute atomic E-state index is 0. The third-order valence-corrected chi connectivity index (χ3v) is 2.87. The van der Waals surface area contributed by atoms with E-state index < -0.39 is 0 Å². The molecule has 1 aromatic heterocycles. The van der Waals surface area contributed by atoms with Gasteiger partial charge in [0.2, 0.25) is 5.69 Å². The summed E-state index contributed by atoms with van der Waals surface area (Å²) in [7, 11) is 0. The van der Waals surface area contributed by atoms with Gasteiger partial charge in [0.1, 0.15) is 12.8 Å². The Hall–Kier alpha value is -1.68. The highest BCUT2D eigenvalue weighted by Crippen LogP contribution is 2.02. The smallest absolute Gasteiger partial charge is 0.227 e. The van der Waals surface area contributed by atoms with Gasteiger partial charge in [-0.15, -0.1) is 0 Å². The monoisotopic (exact) mass is 320 g/mol. The topological polar surface area (TPSA) is 36.5 Å². The molecule has 0 bridgehead atoms. The number of benzene rings is 1. The van der Waals surface area contributed by atoms with Gasteiger partial charge in [0, 0.05) is 18.6 Å². The lowest BCUT2D eigenvalue weighted by Gasteiger charge is -2.01. The maximum Gasteiger partial charge on any atom is 0.227 e. The molecule has 0 atom stereocenters. The zero-order valence-corrected chi connectivity index (χ0v) is 12.2. The highest BCUT2D eigenvalue weighted by Gasteiger charge is 2.06. The molecular weight excluding hydrogens is 304 g/mol. The third kappa shape index (κ3) is 4.83. The maximum absolute atomic E-state index is 8.60.